The van der Waals surface area contributed by atoms with Gasteiger partial charge in [0.15, 0.2) is 6.19 Å². The lowest BCUT2D eigenvalue weighted by Crippen LogP contribution is -2.04. The van der Waals surface area contributed by atoms with Crippen molar-refractivity contribution in [2.24, 2.45) is 0 Å². The summed E-state index contributed by atoms with van der Waals surface area (Å²) >= 11 is 0. The SMILES string of the molecule is COc1ccc(C)cc1CNc1cc(NC#N)ncn1. The summed E-state index contributed by atoms with van der Waals surface area (Å²) in [4.78, 5) is 8.02. The molecule has 1 heterocycles. The van der Waals surface area contributed by atoms with Crippen LogP contribution >= 0.6 is 0 Å². The van der Waals surface area contributed by atoms with Crippen molar-refractivity contribution in [3.8, 4) is 11.9 Å². The number of ether oxygens (including phenoxy) is 1. The zero-order chi connectivity index (χ0) is 14.4. The van der Waals surface area contributed by atoms with Crippen LogP contribution in [-0.2, 0) is 6.54 Å². The fourth-order valence-corrected chi connectivity index (χ4v) is 1.81. The summed E-state index contributed by atoms with van der Waals surface area (Å²) in [6.07, 6.45) is 3.22. The molecule has 6 heteroatoms. The molecule has 0 aliphatic rings. The van der Waals surface area contributed by atoms with Crippen molar-refractivity contribution in [2.45, 2.75) is 13.5 Å². The van der Waals surface area contributed by atoms with Gasteiger partial charge >= 0.3 is 0 Å². The predicted octanol–water partition coefficient (Wildman–Crippen LogP) is 2.30. The monoisotopic (exact) mass is 269 g/mol. The minimum Gasteiger partial charge on any atom is -0.496 e. The molecule has 0 saturated heterocycles. The molecule has 6 nitrogen and oxygen atoms in total. The molecule has 0 atom stereocenters. The molecule has 0 amide bonds. The van der Waals surface area contributed by atoms with E-state index in [1.54, 1.807) is 13.2 Å². The van der Waals surface area contributed by atoms with Crippen LogP contribution < -0.4 is 15.4 Å². The molecule has 0 saturated carbocycles. The molecule has 0 aliphatic carbocycles. The molecule has 0 aliphatic heterocycles. The van der Waals surface area contributed by atoms with Crippen LogP contribution in [0.25, 0.3) is 0 Å². The Morgan fingerprint density at radius 3 is 2.80 bits per heavy atom. The third kappa shape index (κ3) is 3.36. The number of hydrogen-bond acceptors (Lipinski definition) is 6. The Bertz CT molecular complexity index is 636. The Morgan fingerprint density at radius 1 is 1.25 bits per heavy atom. The first-order valence-electron chi connectivity index (χ1n) is 6.07. The summed E-state index contributed by atoms with van der Waals surface area (Å²) < 4.78 is 5.32. The minimum absolute atomic E-state index is 0.459. The summed E-state index contributed by atoms with van der Waals surface area (Å²) in [6.45, 7) is 2.61. The molecule has 0 spiro atoms. The van der Waals surface area contributed by atoms with Crippen molar-refractivity contribution in [3.63, 3.8) is 0 Å². The maximum atomic E-state index is 8.56. The van der Waals surface area contributed by atoms with Crippen molar-refractivity contribution in [3.05, 3.63) is 41.7 Å². The highest BCUT2D eigenvalue weighted by molar-refractivity contribution is 5.49. The van der Waals surface area contributed by atoms with Crippen LogP contribution in [0.2, 0.25) is 0 Å². The molecule has 0 bridgehead atoms. The molecule has 20 heavy (non-hydrogen) atoms. The van der Waals surface area contributed by atoms with Gasteiger partial charge in [0.05, 0.1) is 7.11 Å². The number of nitrogens with one attached hydrogen (secondary N) is 2. The van der Waals surface area contributed by atoms with E-state index in [0.717, 1.165) is 16.9 Å². The molecule has 1 aromatic carbocycles. The second-order valence-corrected chi connectivity index (χ2v) is 4.19. The number of nitrogens with zero attached hydrogens (tertiary/aromatic N) is 3. The number of hydrogen-bond donors (Lipinski definition) is 2. The van der Waals surface area contributed by atoms with Gasteiger partial charge in [-0.05, 0) is 13.0 Å². The van der Waals surface area contributed by atoms with Gasteiger partial charge in [0.25, 0.3) is 0 Å². The molecule has 0 radical (unpaired) electrons. The third-order valence-electron chi connectivity index (χ3n) is 2.75. The summed E-state index contributed by atoms with van der Waals surface area (Å²) in [5.74, 6) is 1.93. The van der Waals surface area contributed by atoms with Gasteiger partial charge < -0.3 is 10.1 Å². The highest BCUT2D eigenvalue weighted by atomic mass is 16.5. The third-order valence-corrected chi connectivity index (χ3v) is 2.75. The van der Waals surface area contributed by atoms with E-state index < -0.39 is 0 Å². The lowest BCUT2D eigenvalue weighted by molar-refractivity contribution is 0.410. The van der Waals surface area contributed by atoms with Crippen molar-refractivity contribution >= 4 is 11.6 Å². The molecule has 2 N–H and O–H groups in total. The largest absolute Gasteiger partial charge is 0.496 e. The van der Waals surface area contributed by atoms with Crippen LogP contribution in [0, 0.1) is 18.4 Å². The summed E-state index contributed by atoms with van der Waals surface area (Å²) in [5, 5.41) is 14.2. The molecule has 0 fully saturated rings. The van der Waals surface area contributed by atoms with E-state index >= 15 is 0 Å². The maximum Gasteiger partial charge on any atom is 0.182 e. The van der Waals surface area contributed by atoms with Crippen LogP contribution in [-0.4, -0.2) is 17.1 Å². The second-order valence-electron chi connectivity index (χ2n) is 4.19. The van der Waals surface area contributed by atoms with E-state index in [-0.39, 0.29) is 0 Å². The van der Waals surface area contributed by atoms with Crippen LogP contribution in [0.4, 0.5) is 11.6 Å². The van der Waals surface area contributed by atoms with E-state index in [2.05, 4.69) is 26.7 Å². The number of rotatable bonds is 5. The quantitative estimate of drug-likeness (QED) is 0.640. The highest BCUT2D eigenvalue weighted by Gasteiger charge is 2.04. The van der Waals surface area contributed by atoms with Crippen molar-refractivity contribution < 1.29 is 4.74 Å². The Hall–Kier alpha value is -2.81. The van der Waals surface area contributed by atoms with Gasteiger partial charge in [-0.2, -0.15) is 5.26 Å². The normalized spacial score (nSPS) is 9.65. The molecule has 102 valence electrons. The fraction of sp³-hybridized carbons (Fsp3) is 0.214. The topological polar surface area (TPSA) is 82.9 Å². The Kier molecular flexibility index (Phi) is 4.35. The average Bonchev–Trinajstić information content (AvgIpc) is 2.46. The van der Waals surface area contributed by atoms with Crippen molar-refractivity contribution in [1.29, 1.82) is 5.26 Å². The molecule has 2 aromatic rings. The summed E-state index contributed by atoms with van der Waals surface area (Å²) in [6, 6.07) is 7.67. The number of aryl methyl sites for hydroxylation is 1. The second kappa shape index (κ2) is 6.38. The zero-order valence-corrected chi connectivity index (χ0v) is 11.3. The summed E-state index contributed by atoms with van der Waals surface area (Å²) in [5.41, 5.74) is 2.21. The maximum absolute atomic E-state index is 8.56. The Morgan fingerprint density at radius 2 is 2.05 bits per heavy atom. The lowest BCUT2D eigenvalue weighted by atomic mass is 10.1. The van der Waals surface area contributed by atoms with E-state index in [1.807, 2.05) is 25.2 Å². The molecule has 0 unspecified atom stereocenters. The van der Waals surface area contributed by atoms with Crippen LogP contribution in [0.3, 0.4) is 0 Å². The van der Waals surface area contributed by atoms with Crippen LogP contribution in [0.15, 0.2) is 30.6 Å². The van der Waals surface area contributed by atoms with E-state index in [4.69, 9.17) is 10.00 Å². The lowest BCUT2D eigenvalue weighted by Gasteiger charge is -2.11. The average molecular weight is 269 g/mol. The van der Waals surface area contributed by atoms with E-state index in [9.17, 15) is 0 Å². The van der Waals surface area contributed by atoms with Gasteiger partial charge in [0.2, 0.25) is 0 Å². The number of aromatic nitrogens is 2. The number of nitriles is 1. The van der Waals surface area contributed by atoms with Gasteiger partial charge in [0, 0.05) is 18.2 Å². The predicted molar refractivity (Wildman–Crippen MR) is 76.3 cm³/mol. The van der Waals surface area contributed by atoms with E-state index in [0.29, 0.717) is 18.2 Å². The van der Waals surface area contributed by atoms with Gasteiger partial charge in [0.1, 0.15) is 23.7 Å². The van der Waals surface area contributed by atoms with Gasteiger partial charge in [-0.15, -0.1) is 0 Å². The minimum atomic E-state index is 0.459. The standard InChI is InChI=1S/C14H15N5O/c1-10-3-4-12(20-2)11(5-10)7-16-13-6-14(17-8-15)19-9-18-13/h3-6,9H,7H2,1-2H3,(H2,16,17,18,19). The van der Waals surface area contributed by atoms with Gasteiger partial charge in [-0.3, -0.25) is 5.32 Å². The summed E-state index contributed by atoms with van der Waals surface area (Å²) in [7, 11) is 1.65. The zero-order valence-electron chi connectivity index (χ0n) is 11.3. The fourth-order valence-electron chi connectivity index (χ4n) is 1.81. The Balaban J connectivity index is 2.10. The van der Waals surface area contributed by atoms with Gasteiger partial charge in [-0.25, -0.2) is 9.97 Å². The highest BCUT2D eigenvalue weighted by Crippen LogP contribution is 2.20. The first kappa shape index (κ1) is 13.6. The first-order valence-corrected chi connectivity index (χ1v) is 6.07. The molecular weight excluding hydrogens is 254 g/mol. The number of anilines is 2. The van der Waals surface area contributed by atoms with Crippen molar-refractivity contribution in [2.75, 3.05) is 17.7 Å². The van der Waals surface area contributed by atoms with E-state index in [1.165, 1.54) is 6.33 Å². The Labute approximate surface area is 117 Å². The van der Waals surface area contributed by atoms with Crippen LogP contribution in [0.5, 0.6) is 5.75 Å². The first-order chi connectivity index (χ1) is 9.72. The number of methoxy groups -OCH3 is 1. The van der Waals surface area contributed by atoms with Gasteiger partial charge in [-0.1, -0.05) is 17.7 Å². The molecule has 2 rings (SSSR count). The molecule has 1 aromatic heterocycles. The van der Waals surface area contributed by atoms with Crippen molar-refractivity contribution in [1.82, 2.24) is 9.97 Å². The smallest absolute Gasteiger partial charge is 0.182 e. The van der Waals surface area contributed by atoms with Crippen LogP contribution in [0.1, 0.15) is 11.1 Å². The number of benzene rings is 1. The molecular formula is C14H15N5O.